The smallest absolute Gasteiger partial charge is 0.105 e. The Morgan fingerprint density at radius 3 is 3.06 bits per heavy atom. The zero-order valence-corrected chi connectivity index (χ0v) is 11.5. The van der Waals surface area contributed by atoms with Crippen LogP contribution in [0.25, 0.3) is 0 Å². The molecule has 2 atom stereocenters. The van der Waals surface area contributed by atoms with Crippen molar-refractivity contribution in [2.45, 2.75) is 57.5 Å². The summed E-state index contributed by atoms with van der Waals surface area (Å²) in [6.45, 7) is 5.43. The molecule has 4 heteroatoms. The van der Waals surface area contributed by atoms with Crippen molar-refractivity contribution in [1.29, 1.82) is 0 Å². The summed E-state index contributed by atoms with van der Waals surface area (Å²) in [7, 11) is 0. The van der Waals surface area contributed by atoms with Gasteiger partial charge in [-0.1, -0.05) is 6.92 Å². The molecule has 1 fully saturated rings. The van der Waals surface area contributed by atoms with E-state index in [1.807, 2.05) is 6.20 Å². The predicted molar refractivity (Wildman–Crippen MR) is 72.6 cm³/mol. The molecule has 2 unspecified atom stereocenters. The van der Waals surface area contributed by atoms with E-state index in [0.29, 0.717) is 6.04 Å². The monoisotopic (exact) mass is 251 g/mol. The Bertz CT molecular complexity index is 377. The van der Waals surface area contributed by atoms with E-state index in [0.717, 1.165) is 31.6 Å². The summed E-state index contributed by atoms with van der Waals surface area (Å²) in [6, 6.07) is 0.470. The molecule has 1 aromatic rings. The van der Waals surface area contributed by atoms with E-state index >= 15 is 0 Å². The number of imidazole rings is 1. The van der Waals surface area contributed by atoms with Crippen molar-refractivity contribution in [1.82, 2.24) is 14.9 Å². The molecular formula is C14H25N3O. The van der Waals surface area contributed by atoms with E-state index in [-0.39, 0.29) is 12.1 Å². The third-order valence-corrected chi connectivity index (χ3v) is 4.13. The number of nitrogens with one attached hydrogen (secondary N) is 1. The quantitative estimate of drug-likeness (QED) is 0.842. The van der Waals surface area contributed by atoms with E-state index in [4.69, 9.17) is 0 Å². The molecule has 1 aliphatic carbocycles. The van der Waals surface area contributed by atoms with Crippen LogP contribution >= 0.6 is 0 Å². The molecule has 102 valence electrons. The maximum absolute atomic E-state index is 9.77. The Kier molecular flexibility index (Phi) is 4.40. The minimum atomic E-state index is -0.0877. The zero-order valence-electron chi connectivity index (χ0n) is 11.5. The summed E-state index contributed by atoms with van der Waals surface area (Å²) >= 11 is 0. The highest BCUT2D eigenvalue weighted by Gasteiger charge is 2.36. The Labute approximate surface area is 109 Å². The van der Waals surface area contributed by atoms with Gasteiger partial charge in [-0.15, -0.1) is 0 Å². The van der Waals surface area contributed by atoms with Crippen LogP contribution in [0.3, 0.4) is 0 Å². The van der Waals surface area contributed by atoms with Crippen LogP contribution in [0.15, 0.2) is 12.4 Å². The second kappa shape index (κ2) is 5.85. The Hall–Kier alpha value is -0.870. The summed E-state index contributed by atoms with van der Waals surface area (Å²) in [5.74, 6) is 1.07. The minimum absolute atomic E-state index is 0.0877. The van der Waals surface area contributed by atoms with Gasteiger partial charge in [-0.3, -0.25) is 0 Å². The largest absolute Gasteiger partial charge is 0.394 e. The van der Waals surface area contributed by atoms with Crippen molar-refractivity contribution in [3.63, 3.8) is 0 Å². The van der Waals surface area contributed by atoms with E-state index in [1.54, 1.807) is 0 Å². The van der Waals surface area contributed by atoms with E-state index < -0.39 is 0 Å². The zero-order chi connectivity index (χ0) is 13.0. The number of nitrogens with zero attached hydrogens (tertiary/aromatic N) is 2. The first-order chi connectivity index (χ1) is 8.71. The van der Waals surface area contributed by atoms with Gasteiger partial charge in [0.1, 0.15) is 5.82 Å². The molecule has 1 heterocycles. The van der Waals surface area contributed by atoms with Crippen molar-refractivity contribution in [3.05, 3.63) is 18.2 Å². The van der Waals surface area contributed by atoms with E-state index in [2.05, 4.69) is 34.9 Å². The Morgan fingerprint density at radius 2 is 2.44 bits per heavy atom. The number of aryl methyl sites for hydroxylation is 1. The first kappa shape index (κ1) is 13.6. The third kappa shape index (κ3) is 2.75. The van der Waals surface area contributed by atoms with Crippen molar-refractivity contribution in [2.24, 2.45) is 0 Å². The molecular weight excluding hydrogens is 226 g/mol. The Balaban J connectivity index is 2.09. The summed E-state index contributed by atoms with van der Waals surface area (Å²) in [5, 5.41) is 13.3. The fourth-order valence-corrected chi connectivity index (χ4v) is 3.09. The number of aromatic nitrogens is 2. The number of hydrogen-bond acceptors (Lipinski definition) is 3. The third-order valence-electron chi connectivity index (χ3n) is 4.13. The molecule has 0 amide bonds. The maximum atomic E-state index is 9.77. The molecule has 0 saturated heterocycles. The predicted octanol–water partition coefficient (Wildman–Crippen LogP) is 2.04. The molecule has 0 aliphatic heterocycles. The normalized spacial score (nSPS) is 28.5. The van der Waals surface area contributed by atoms with Gasteiger partial charge in [0.2, 0.25) is 0 Å². The van der Waals surface area contributed by atoms with Gasteiger partial charge in [-0.25, -0.2) is 4.98 Å². The van der Waals surface area contributed by atoms with Gasteiger partial charge in [0, 0.05) is 24.0 Å². The summed E-state index contributed by atoms with van der Waals surface area (Å²) in [4.78, 5) is 4.31. The SMILES string of the molecule is CCCNC1(CO)CCCC(n2ccnc2C)C1. The van der Waals surface area contributed by atoms with Crippen LogP contribution in [0.2, 0.25) is 0 Å². The molecule has 0 aromatic carbocycles. The average Bonchev–Trinajstić information content (AvgIpc) is 2.83. The van der Waals surface area contributed by atoms with Crippen molar-refractivity contribution in [2.75, 3.05) is 13.2 Å². The fraction of sp³-hybridized carbons (Fsp3) is 0.786. The van der Waals surface area contributed by atoms with Crippen LogP contribution in [-0.4, -0.2) is 33.3 Å². The second-order valence-corrected chi connectivity index (χ2v) is 5.50. The molecule has 1 aromatic heterocycles. The van der Waals surface area contributed by atoms with Gasteiger partial charge in [0.25, 0.3) is 0 Å². The topological polar surface area (TPSA) is 50.1 Å². The van der Waals surface area contributed by atoms with E-state index in [1.165, 1.54) is 12.8 Å². The molecule has 0 spiro atoms. The fourth-order valence-electron chi connectivity index (χ4n) is 3.09. The van der Waals surface area contributed by atoms with Gasteiger partial charge in [0.15, 0.2) is 0 Å². The highest BCUT2D eigenvalue weighted by molar-refractivity contribution is 5.00. The Morgan fingerprint density at radius 1 is 1.61 bits per heavy atom. The van der Waals surface area contributed by atoms with E-state index in [9.17, 15) is 5.11 Å². The van der Waals surface area contributed by atoms with Crippen LogP contribution < -0.4 is 5.32 Å². The number of hydrogen-bond donors (Lipinski definition) is 2. The summed E-state index contributed by atoms with van der Waals surface area (Å²) in [5.41, 5.74) is -0.0877. The summed E-state index contributed by atoms with van der Waals surface area (Å²) < 4.78 is 2.26. The van der Waals surface area contributed by atoms with Crippen molar-refractivity contribution < 1.29 is 5.11 Å². The van der Waals surface area contributed by atoms with Gasteiger partial charge >= 0.3 is 0 Å². The van der Waals surface area contributed by atoms with Crippen molar-refractivity contribution >= 4 is 0 Å². The molecule has 0 bridgehead atoms. The molecule has 2 rings (SSSR count). The van der Waals surface area contributed by atoms with Gasteiger partial charge in [-0.2, -0.15) is 0 Å². The standard InChI is InChI=1S/C14H25N3O/c1-3-7-16-14(11-18)6-4-5-13(10-14)17-9-8-15-12(17)2/h8-9,13,16,18H,3-7,10-11H2,1-2H3. The maximum Gasteiger partial charge on any atom is 0.105 e. The van der Waals surface area contributed by atoms with Gasteiger partial charge in [-0.05, 0) is 45.6 Å². The first-order valence-electron chi connectivity index (χ1n) is 7.06. The average molecular weight is 251 g/mol. The molecule has 2 N–H and O–H groups in total. The highest BCUT2D eigenvalue weighted by Crippen LogP contribution is 2.35. The number of aliphatic hydroxyl groups excluding tert-OH is 1. The molecule has 1 saturated carbocycles. The molecule has 0 radical (unpaired) electrons. The lowest BCUT2D eigenvalue weighted by Crippen LogP contribution is -2.52. The lowest BCUT2D eigenvalue weighted by atomic mass is 9.79. The molecule has 1 aliphatic rings. The molecule has 4 nitrogen and oxygen atoms in total. The van der Waals surface area contributed by atoms with Crippen LogP contribution in [-0.2, 0) is 0 Å². The van der Waals surface area contributed by atoms with Gasteiger partial charge in [0.05, 0.1) is 6.61 Å². The van der Waals surface area contributed by atoms with Crippen LogP contribution in [0.5, 0.6) is 0 Å². The number of aliphatic hydroxyl groups is 1. The first-order valence-corrected chi connectivity index (χ1v) is 7.06. The minimum Gasteiger partial charge on any atom is -0.394 e. The lowest BCUT2D eigenvalue weighted by Gasteiger charge is -2.41. The van der Waals surface area contributed by atoms with Crippen LogP contribution in [0, 0.1) is 6.92 Å². The van der Waals surface area contributed by atoms with Gasteiger partial charge < -0.3 is 15.0 Å². The van der Waals surface area contributed by atoms with Crippen molar-refractivity contribution in [3.8, 4) is 0 Å². The summed E-state index contributed by atoms with van der Waals surface area (Å²) in [6.07, 6.45) is 9.47. The molecule has 18 heavy (non-hydrogen) atoms. The number of rotatable bonds is 5. The second-order valence-electron chi connectivity index (χ2n) is 5.50. The highest BCUT2D eigenvalue weighted by atomic mass is 16.3. The lowest BCUT2D eigenvalue weighted by molar-refractivity contribution is 0.0974. The van der Waals surface area contributed by atoms with Crippen LogP contribution in [0.1, 0.15) is 50.9 Å². The van der Waals surface area contributed by atoms with Crippen LogP contribution in [0.4, 0.5) is 0 Å².